The van der Waals surface area contributed by atoms with E-state index in [1.54, 1.807) is 4.90 Å². The van der Waals surface area contributed by atoms with Crippen LogP contribution in [-0.4, -0.2) is 22.6 Å². The molecule has 0 aromatic heterocycles. The lowest BCUT2D eigenvalue weighted by Gasteiger charge is -2.29. The predicted molar refractivity (Wildman–Crippen MR) is 90.0 cm³/mol. The zero-order valence-corrected chi connectivity index (χ0v) is 14.0. The van der Waals surface area contributed by atoms with E-state index in [2.05, 4.69) is 10.9 Å². The summed E-state index contributed by atoms with van der Waals surface area (Å²) in [5.74, 6) is -0.531. The van der Waals surface area contributed by atoms with E-state index in [0.717, 1.165) is 36.3 Å². The lowest BCUT2D eigenvalue weighted by atomic mass is 10.1. The number of carbonyl (C=O) groups is 3. The summed E-state index contributed by atoms with van der Waals surface area (Å²) in [5, 5.41) is 0. The van der Waals surface area contributed by atoms with Crippen LogP contribution in [0.5, 0.6) is 0 Å². The first kappa shape index (κ1) is 15.5. The van der Waals surface area contributed by atoms with E-state index < -0.39 is 4.87 Å². The number of nitrogens with one attached hydrogen (secondary N) is 2. The standard InChI is InChI=1S/C17H19N3O3S/c21-14-9-10-17(20(14)12-7-3-4-8-13(12)24-17)16(23)19-18-15(22)11-5-1-2-6-11/h3-4,7-8,11H,1-2,5-6,9-10H2,(H,18,22)(H,19,23). The van der Waals surface area contributed by atoms with Crippen molar-refractivity contribution in [2.24, 2.45) is 5.92 Å². The van der Waals surface area contributed by atoms with Crippen molar-refractivity contribution in [3.05, 3.63) is 24.3 Å². The molecule has 0 bridgehead atoms. The van der Waals surface area contributed by atoms with E-state index in [1.807, 2.05) is 24.3 Å². The molecule has 0 spiro atoms. The second-order valence-corrected chi connectivity index (χ2v) is 7.83. The van der Waals surface area contributed by atoms with E-state index in [9.17, 15) is 14.4 Å². The number of nitrogens with zero attached hydrogens (tertiary/aromatic N) is 1. The molecule has 1 saturated carbocycles. The number of anilines is 1. The summed E-state index contributed by atoms with van der Waals surface area (Å²) in [5.41, 5.74) is 5.91. The van der Waals surface area contributed by atoms with Gasteiger partial charge in [0.15, 0.2) is 4.87 Å². The summed E-state index contributed by atoms with van der Waals surface area (Å²) in [6.45, 7) is 0. The van der Waals surface area contributed by atoms with Crippen LogP contribution in [-0.2, 0) is 14.4 Å². The summed E-state index contributed by atoms with van der Waals surface area (Å²) in [6, 6.07) is 7.53. The van der Waals surface area contributed by atoms with Crippen molar-refractivity contribution in [1.82, 2.24) is 10.9 Å². The highest BCUT2D eigenvalue weighted by Gasteiger charge is 2.57. The van der Waals surface area contributed by atoms with Crippen LogP contribution in [0.1, 0.15) is 38.5 Å². The number of hydrogen-bond acceptors (Lipinski definition) is 4. The average molecular weight is 345 g/mol. The Morgan fingerprint density at radius 2 is 1.92 bits per heavy atom. The van der Waals surface area contributed by atoms with Gasteiger partial charge in [-0.1, -0.05) is 36.7 Å². The fourth-order valence-electron chi connectivity index (χ4n) is 3.80. The Morgan fingerprint density at radius 1 is 1.17 bits per heavy atom. The number of thioether (sulfide) groups is 1. The summed E-state index contributed by atoms with van der Waals surface area (Å²) >= 11 is 1.39. The quantitative estimate of drug-likeness (QED) is 0.803. The van der Waals surface area contributed by atoms with Gasteiger partial charge in [0.05, 0.1) is 5.69 Å². The minimum atomic E-state index is -0.982. The molecule has 2 fully saturated rings. The fraction of sp³-hybridized carbons (Fsp3) is 0.471. The number of carbonyl (C=O) groups excluding carboxylic acids is 3. The second-order valence-electron chi connectivity index (χ2n) is 6.51. The van der Waals surface area contributed by atoms with E-state index in [-0.39, 0.29) is 23.6 Å². The molecular formula is C17H19N3O3S. The van der Waals surface area contributed by atoms with E-state index in [1.165, 1.54) is 11.8 Å². The molecule has 1 aromatic rings. The molecule has 0 radical (unpaired) electrons. The van der Waals surface area contributed by atoms with Gasteiger partial charge < -0.3 is 0 Å². The van der Waals surface area contributed by atoms with Gasteiger partial charge in [-0.2, -0.15) is 0 Å². The number of hydrogen-bond donors (Lipinski definition) is 2. The lowest BCUT2D eigenvalue weighted by molar-refractivity contribution is -0.132. The van der Waals surface area contributed by atoms with Gasteiger partial charge in [0.1, 0.15) is 0 Å². The first-order chi connectivity index (χ1) is 11.6. The highest BCUT2D eigenvalue weighted by atomic mass is 32.2. The number of hydrazine groups is 1. The topological polar surface area (TPSA) is 78.5 Å². The number of rotatable bonds is 2. The van der Waals surface area contributed by atoms with Gasteiger partial charge in [0.2, 0.25) is 11.8 Å². The van der Waals surface area contributed by atoms with Gasteiger partial charge in [-0.05, 0) is 31.4 Å². The fourth-order valence-corrected chi connectivity index (χ4v) is 5.22. The van der Waals surface area contributed by atoms with E-state index >= 15 is 0 Å². The summed E-state index contributed by atoms with van der Waals surface area (Å²) in [4.78, 5) is 38.8. The summed E-state index contributed by atoms with van der Waals surface area (Å²) in [7, 11) is 0. The summed E-state index contributed by atoms with van der Waals surface area (Å²) in [6.07, 6.45) is 4.64. The molecular weight excluding hydrogens is 326 g/mol. The Labute approximate surface area is 144 Å². The zero-order valence-electron chi connectivity index (χ0n) is 13.2. The molecule has 1 atom stereocenters. The van der Waals surface area contributed by atoms with Gasteiger partial charge >= 0.3 is 0 Å². The number of amides is 3. The van der Waals surface area contributed by atoms with E-state index in [4.69, 9.17) is 0 Å². The third-order valence-corrected chi connectivity index (χ3v) is 6.53. The molecule has 24 heavy (non-hydrogen) atoms. The molecule has 1 unspecified atom stereocenters. The Bertz CT molecular complexity index is 717. The molecule has 1 aliphatic carbocycles. The van der Waals surface area contributed by atoms with Crippen LogP contribution in [0.4, 0.5) is 5.69 Å². The highest BCUT2D eigenvalue weighted by Crippen LogP contribution is 2.55. The third-order valence-electron chi connectivity index (χ3n) is 5.05. The molecule has 7 heteroatoms. The SMILES string of the molecule is O=C(NNC(=O)C12CCC(=O)N1c1ccccc1S2)C1CCCC1. The average Bonchev–Trinajstić information content (AvgIpc) is 3.28. The predicted octanol–water partition coefficient (Wildman–Crippen LogP) is 1.95. The minimum absolute atomic E-state index is 0.0162. The lowest BCUT2D eigenvalue weighted by Crippen LogP contribution is -2.57. The van der Waals surface area contributed by atoms with Crippen molar-refractivity contribution in [3.63, 3.8) is 0 Å². The third kappa shape index (κ3) is 2.30. The second kappa shape index (κ2) is 5.81. The maximum absolute atomic E-state index is 12.8. The summed E-state index contributed by atoms with van der Waals surface area (Å²) < 4.78 is 0. The maximum Gasteiger partial charge on any atom is 0.275 e. The van der Waals surface area contributed by atoms with Gasteiger partial charge in [-0.15, -0.1) is 0 Å². The first-order valence-electron chi connectivity index (χ1n) is 8.33. The molecule has 3 aliphatic rings. The molecule has 126 valence electrons. The molecule has 2 heterocycles. The van der Waals surface area contributed by atoms with Crippen LogP contribution >= 0.6 is 11.8 Å². The Kier molecular flexibility index (Phi) is 3.75. The Hall–Kier alpha value is -2.02. The number of benzene rings is 1. The van der Waals surface area contributed by atoms with Crippen LogP contribution < -0.4 is 15.8 Å². The van der Waals surface area contributed by atoms with Crippen molar-refractivity contribution in [2.45, 2.75) is 48.3 Å². The molecule has 2 N–H and O–H groups in total. The van der Waals surface area contributed by atoms with Crippen molar-refractivity contribution in [1.29, 1.82) is 0 Å². The Balaban J connectivity index is 1.51. The smallest absolute Gasteiger partial charge is 0.275 e. The van der Waals surface area contributed by atoms with Gasteiger partial charge in [0, 0.05) is 17.2 Å². The zero-order chi connectivity index (χ0) is 16.7. The van der Waals surface area contributed by atoms with Crippen molar-refractivity contribution < 1.29 is 14.4 Å². The van der Waals surface area contributed by atoms with E-state index in [0.29, 0.717) is 12.8 Å². The monoisotopic (exact) mass is 345 g/mol. The van der Waals surface area contributed by atoms with Crippen molar-refractivity contribution in [2.75, 3.05) is 4.90 Å². The Morgan fingerprint density at radius 3 is 2.71 bits per heavy atom. The van der Waals surface area contributed by atoms with Crippen LogP contribution in [0.25, 0.3) is 0 Å². The van der Waals surface area contributed by atoms with Crippen LogP contribution in [0.2, 0.25) is 0 Å². The largest absolute Gasteiger partial charge is 0.287 e. The van der Waals surface area contributed by atoms with Gasteiger partial charge in [0.25, 0.3) is 5.91 Å². The minimum Gasteiger partial charge on any atom is -0.287 e. The molecule has 1 aromatic carbocycles. The van der Waals surface area contributed by atoms with Gasteiger partial charge in [-0.25, -0.2) is 0 Å². The molecule has 2 aliphatic heterocycles. The first-order valence-corrected chi connectivity index (χ1v) is 9.15. The number of para-hydroxylation sites is 1. The molecule has 1 saturated heterocycles. The van der Waals surface area contributed by atoms with Crippen LogP contribution in [0.3, 0.4) is 0 Å². The van der Waals surface area contributed by atoms with Crippen LogP contribution in [0.15, 0.2) is 29.2 Å². The highest BCUT2D eigenvalue weighted by molar-refractivity contribution is 8.02. The molecule has 6 nitrogen and oxygen atoms in total. The molecule has 4 rings (SSSR count). The van der Waals surface area contributed by atoms with Crippen LogP contribution in [0, 0.1) is 5.92 Å². The van der Waals surface area contributed by atoms with Gasteiger partial charge in [-0.3, -0.25) is 30.1 Å². The van der Waals surface area contributed by atoms with Crippen molar-refractivity contribution in [3.8, 4) is 0 Å². The number of fused-ring (bicyclic) bond motifs is 3. The van der Waals surface area contributed by atoms with Crippen molar-refractivity contribution >= 4 is 35.2 Å². The molecule has 3 amide bonds. The maximum atomic E-state index is 12.8. The normalized spacial score (nSPS) is 25.5.